The van der Waals surface area contributed by atoms with E-state index < -0.39 is 29.1 Å². The van der Waals surface area contributed by atoms with Gasteiger partial charge in [-0.2, -0.15) is 0 Å². The van der Waals surface area contributed by atoms with Crippen LogP contribution in [0.25, 0.3) is 10.9 Å². The van der Waals surface area contributed by atoms with Crippen molar-refractivity contribution >= 4 is 22.6 Å². The van der Waals surface area contributed by atoms with Gasteiger partial charge in [-0.25, -0.2) is 14.0 Å². The third kappa shape index (κ3) is 5.60. The molecule has 192 valence electrons. The second kappa shape index (κ2) is 11.4. The number of aromatic nitrogens is 2. The summed E-state index contributed by atoms with van der Waals surface area (Å²) < 4.78 is 28.4. The van der Waals surface area contributed by atoms with Gasteiger partial charge in [0, 0.05) is 12.1 Å². The van der Waals surface area contributed by atoms with Crippen LogP contribution in [0.1, 0.15) is 77.7 Å². The van der Waals surface area contributed by atoms with Gasteiger partial charge in [0.25, 0.3) is 5.56 Å². The first-order valence-electron chi connectivity index (χ1n) is 12.9. The molecule has 4 rings (SSSR count). The van der Waals surface area contributed by atoms with Crippen LogP contribution in [0.2, 0.25) is 0 Å². The summed E-state index contributed by atoms with van der Waals surface area (Å²) in [5.41, 5.74) is -0.144. The minimum Gasteiger partial charge on any atom is -0.464 e. The molecule has 2 aliphatic carbocycles. The molecule has 2 aliphatic rings. The maximum absolute atomic E-state index is 15.1. The maximum atomic E-state index is 15.1. The molecular weight excluding hydrogens is 453 g/mol. The minimum atomic E-state index is -0.811. The first-order chi connectivity index (χ1) is 16.9. The van der Waals surface area contributed by atoms with Crippen molar-refractivity contribution in [3.05, 3.63) is 38.8 Å². The summed E-state index contributed by atoms with van der Waals surface area (Å²) in [6.07, 6.45) is 8.27. The third-order valence-corrected chi connectivity index (χ3v) is 7.21. The van der Waals surface area contributed by atoms with E-state index in [1.165, 1.54) is 12.5 Å². The number of nitrogens with one attached hydrogen (secondary N) is 1. The standard InChI is InChI=1S/C26H36FN3O5/c1-3-34-25(32)17(2)35-14-13-29-24(31)20-15-21(27)22(28-18-9-5-4-6-10-18)16-23(20)30(26(29)33)19-11-7-8-12-19/h15-19,28H,3-14H2,1-2H3. The first-order valence-corrected chi connectivity index (χ1v) is 12.9. The first kappa shape index (κ1) is 25.4. The summed E-state index contributed by atoms with van der Waals surface area (Å²) in [5.74, 6) is -0.989. The molecule has 0 saturated heterocycles. The summed E-state index contributed by atoms with van der Waals surface area (Å²) >= 11 is 0. The highest BCUT2D eigenvalue weighted by Crippen LogP contribution is 2.32. The summed E-state index contributed by atoms with van der Waals surface area (Å²) in [4.78, 5) is 38.7. The highest BCUT2D eigenvalue weighted by molar-refractivity contribution is 5.82. The number of carbonyl (C=O) groups excluding carboxylic acids is 1. The zero-order valence-electron chi connectivity index (χ0n) is 20.7. The number of hydrogen-bond acceptors (Lipinski definition) is 6. The average molecular weight is 490 g/mol. The minimum absolute atomic E-state index is 0.0187. The van der Waals surface area contributed by atoms with Crippen LogP contribution in [-0.2, 0) is 20.8 Å². The number of nitrogens with zero attached hydrogens (tertiary/aromatic N) is 2. The van der Waals surface area contributed by atoms with Gasteiger partial charge < -0.3 is 14.8 Å². The molecule has 2 saturated carbocycles. The van der Waals surface area contributed by atoms with Crippen molar-refractivity contribution in [2.24, 2.45) is 0 Å². The molecule has 9 heteroatoms. The Balaban J connectivity index is 1.69. The van der Waals surface area contributed by atoms with Gasteiger partial charge in [0.2, 0.25) is 0 Å². The topological polar surface area (TPSA) is 91.6 Å². The molecule has 2 fully saturated rings. The Morgan fingerprint density at radius 1 is 1.11 bits per heavy atom. The Hall–Kier alpha value is -2.68. The van der Waals surface area contributed by atoms with Gasteiger partial charge in [-0.05, 0) is 51.7 Å². The molecular formula is C26H36FN3O5. The second-order valence-corrected chi connectivity index (χ2v) is 9.64. The zero-order chi connectivity index (χ0) is 24.9. The van der Waals surface area contributed by atoms with E-state index in [1.54, 1.807) is 24.5 Å². The predicted molar refractivity (Wildman–Crippen MR) is 132 cm³/mol. The summed E-state index contributed by atoms with van der Waals surface area (Å²) in [6.45, 7) is 3.46. The van der Waals surface area contributed by atoms with E-state index in [0.717, 1.165) is 55.9 Å². The fourth-order valence-corrected chi connectivity index (χ4v) is 5.34. The number of rotatable bonds is 9. The van der Waals surface area contributed by atoms with Crippen molar-refractivity contribution in [3.8, 4) is 0 Å². The third-order valence-electron chi connectivity index (χ3n) is 7.21. The van der Waals surface area contributed by atoms with Gasteiger partial charge in [0.15, 0.2) is 6.10 Å². The Bertz CT molecular complexity index is 1160. The highest BCUT2D eigenvalue weighted by Gasteiger charge is 2.25. The Kier molecular flexibility index (Phi) is 8.26. The molecule has 0 aliphatic heterocycles. The normalized spacial score (nSPS) is 18.1. The van der Waals surface area contributed by atoms with Crippen LogP contribution in [0.15, 0.2) is 21.7 Å². The molecule has 8 nitrogen and oxygen atoms in total. The van der Waals surface area contributed by atoms with Gasteiger partial charge in [0.1, 0.15) is 5.82 Å². The SMILES string of the molecule is CCOC(=O)C(C)OCCn1c(=O)c2cc(F)c(NC3CCCCC3)cc2n(C2CCCC2)c1=O. The van der Waals surface area contributed by atoms with Crippen LogP contribution < -0.4 is 16.6 Å². The molecule has 1 N–H and O–H groups in total. The van der Waals surface area contributed by atoms with Crippen LogP contribution in [-0.4, -0.2) is 40.5 Å². The molecule has 1 heterocycles. The lowest BCUT2D eigenvalue weighted by Gasteiger charge is -2.25. The fourth-order valence-electron chi connectivity index (χ4n) is 5.34. The van der Waals surface area contributed by atoms with Crippen molar-refractivity contribution in [1.82, 2.24) is 9.13 Å². The molecule has 0 bridgehead atoms. The van der Waals surface area contributed by atoms with Crippen LogP contribution >= 0.6 is 0 Å². The van der Waals surface area contributed by atoms with Gasteiger partial charge >= 0.3 is 11.7 Å². The van der Waals surface area contributed by atoms with Gasteiger partial charge in [-0.3, -0.25) is 13.9 Å². The van der Waals surface area contributed by atoms with Gasteiger partial charge in [0.05, 0.1) is 36.3 Å². The summed E-state index contributed by atoms with van der Waals surface area (Å²) in [6, 6.07) is 3.06. The van der Waals surface area contributed by atoms with Crippen LogP contribution in [0, 0.1) is 5.82 Å². The largest absolute Gasteiger partial charge is 0.464 e. The van der Waals surface area contributed by atoms with E-state index in [1.807, 2.05) is 0 Å². The Morgan fingerprint density at radius 3 is 2.49 bits per heavy atom. The number of anilines is 1. The van der Waals surface area contributed by atoms with Crippen molar-refractivity contribution in [1.29, 1.82) is 0 Å². The predicted octanol–water partition coefficient (Wildman–Crippen LogP) is 4.13. The Morgan fingerprint density at radius 2 is 1.80 bits per heavy atom. The molecule has 0 radical (unpaired) electrons. The molecule has 1 aromatic heterocycles. The van der Waals surface area contributed by atoms with Crippen LogP contribution in [0.5, 0.6) is 0 Å². The fraction of sp³-hybridized carbons (Fsp3) is 0.654. The quantitative estimate of drug-likeness (QED) is 0.533. The smallest absolute Gasteiger partial charge is 0.334 e. The highest BCUT2D eigenvalue weighted by atomic mass is 19.1. The maximum Gasteiger partial charge on any atom is 0.334 e. The number of esters is 1. The number of hydrogen-bond donors (Lipinski definition) is 1. The van der Waals surface area contributed by atoms with Gasteiger partial charge in [-0.15, -0.1) is 0 Å². The molecule has 35 heavy (non-hydrogen) atoms. The van der Waals surface area contributed by atoms with Crippen molar-refractivity contribution < 1.29 is 18.7 Å². The number of benzene rings is 1. The van der Waals surface area contributed by atoms with E-state index >= 15 is 4.39 Å². The summed E-state index contributed by atoms with van der Waals surface area (Å²) in [5, 5.41) is 3.50. The molecule has 0 amide bonds. The molecule has 2 aromatic rings. The number of fused-ring (bicyclic) bond motifs is 1. The summed E-state index contributed by atoms with van der Waals surface area (Å²) in [7, 11) is 0. The second-order valence-electron chi connectivity index (χ2n) is 9.64. The van der Waals surface area contributed by atoms with Crippen molar-refractivity contribution in [2.45, 2.75) is 96.4 Å². The number of halogens is 1. The molecule has 1 aromatic carbocycles. The monoisotopic (exact) mass is 489 g/mol. The van der Waals surface area contributed by atoms with E-state index in [-0.39, 0.29) is 37.2 Å². The lowest BCUT2D eigenvalue weighted by Crippen LogP contribution is -2.42. The van der Waals surface area contributed by atoms with E-state index in [9.17, 15) is 14.4 Å². The Labute approximate surface area is 204 Å². The number of ether oxygens (including phenoxy) is 2. The van der Waals surface area contributed by atoms with Crippen LogP contribution in [0.4, 0.5) is 10.1 Å². The van der Waals surface area contributed by atoms with E-state index in [4.69, 9.17) is 9.47 Å². The van der Waals surface area contributed by atoms with Crippen molar-refractivity contribution in [3.63, 3.8) is 0 Å². The molecule has 0 spiro atoms. The molecule has 1 unspecified atom stereocenters. The van der Waals surface area contributed by atoms with E-state index in [0.29, 0.717) is 11.2 Å². The lowest BCUT2D eigenvalue weighted by atomic mass is 9.95. The lowest BCUT2D eigenvalue weighted by molar-refractivity contribution is -0.155. The number of carbonyl (C=O) groups is 1. The van der Waals surface area contributed by atoms with Crippen molar-refractivity contribution in [2.75, 3.05) is 18.5 Å². The zero-order valence-corrected chi connectivity index (χ0v) is 20.7. The van der Waals surface area contributed by atoms with E-state index in [2.05, 4.69) is 5.32 Å². The molecule has 1 atom stereocenters. The average Bonchev–Trinajstić information content (AvgIpc) is 3.37. The van der Waals surface area contributed by atoms with Gasteiger partial charge in [-0.1, -0.05) is 32.1 Å². The van der Waals surface area contributed by atoms with Crippen LogP contribution in [0.3, 0.4) is 0 Å².